The average molecular weight is 287 g/mol. The number of anilines is 1. The van der Waals surface area contributed by atoms with Gasteiger partial charge in [0.05, 0.1) is 11.5 Å². The second-order valence-corrected chi connectivity index (χ2v) is 4.66. The van der Waals surface area contributed by atoms with E-state index in [1.807, 2.05) is 6.92 Å². The van der Waals surface area contributed by atoms with E-state index in [9.17, 15) is 14.9 Å². The Balaban J connectivity index is 2.42. The van der Waals surface area contributed by atoms with E-state index in [-0.39, 0.29) is 11.2 Å². The van der Waals surface area contributed by atoms with Crippen LogP contribution in [0.5, 0.6) is 0 Å². The first-order chi connectivity index (χ1) is 10.1. The number of hydrogen-bond donors (Lipinski definition) is 1. The van der Waals surface area contributed by atoms with Gasteiger partial charge < -0.3 is 9.88 Å². The van der Waals surface area contributed by atoms with Crippen LogP contribution in [0.25, 0.3) is 0 Å². The van der Waals surface area contributed by atoms with E-state index in [1.54, 1.807) is 30.5 Å². The summed E-state index contributed by atoms with van der Waals surface area (Å²) in [5.74, 6) is 0. The van der Waals surface area contributed by atoms with Crippen molar-refractivity contribution < 1.29 is 4.92 Å². The third-order valence-electron chi connectivity index (χ3n) is 3.12. The molecular formula is C15H17N3O3. The molecule has 0 bridgehead atoms. The van der Waals surface area contributed by atoms with Crippen LogP contribution in [0.3, 0.4) is 0 Å². The molecule has 6 nitrogen and oxygen atoms in total. The van der Waals surface area contributed by atoms with E-state index in [0.29, 0.717) is 18.8 Å². The summed E-state index contributed by atoms with van der Waals surface area (Å²) in [5.41, 5.74) is 1.11. The van der Waals surface area contributed by atoms with Gasteiger partial charge in [-0.3, -0.25) is 14.9 Å². The molecule has 2 rings (SSSR count). The molecule has 21 heavy (non-hydrogen) atoms. The summed E-state index contributed by atoms with van der Waals surface area (Å²) in [6, 6.07) is 9.80. The minimum atomic E-state index is -0.407. The van der Waals surface area contributed by atoms with Crippen molar-refractivity contribution in [1.29, 1.82) is 0 Å². The van der Waals surface area contributed by atoms with Crippen molar-refractivity contribution in [1.82, 2.24) is 4.57 Å². The second-order valence-electron chi connectivity index (χ2n) is 4.66. The lowest BCUT2D eigenvalue weighted by Gasteiger charge is -2.13. The van der Waals surface area contributed by atoms with E-state index < -0.39 is 4.92 Å². The Bertz CT molecular complexity index is 695. The fourth-order valence-corrected chi connectivity index (χ4v) is 2.10. The van der Waals surface area contributed by atoms with Crippen LogP contribution in [0.15, 0.2) is 47.4 Å². The monoisotopic (exact) mass is 287 g/mol. The fourth-order valence-electron chi connectivity index (χ4n) is 2.10. The van der Waals surface area contributed by atoms with Crippen molar-refractivity contribution >= 4 is 11.4 Å². The number of nitro benzene ring substituents is 1. The van der Waals surface area contributed by atoms with Crippen LogP contribution < -0.4 is 10.9 Å². The SMILES string of the molecule is CCCNc1c(Cn2ccccc2=O)cccc1[N+](=O)[O-]. The first-order valence-electron chi connectivity index (χ1n) is 6.79. The molecule has 0 aliphatic carbocycles. The summed E-state index contributed by atoms with van der Waals surface area (Å²) in [6.45, 7) is 2.93. The number of rotatable bonds is 6. The quantitative estimate of drug-likeness (QED) is 0.654. The van der Waals surface area contributed by atoms with Crippen molar-refractivity contribution in [2.75, 3.05) is 11.9 Å². The Morgan fingerprint density at radius 3 is 2.71 bits per heavy atom. The summed E-state index contributed by atoms with van der Waals surface area (Å²) in [4.78, 5) is 22.5. The Labute approximate surface area is 122 Å². The third-order valence-corrected chi connectivity index (χ3v) is 3.12. The molecule has 110 valence electrons. The molecule has 1 aromatic carbocycles. The number of benzene rings is 1. The maximum absolute atomic E-state index is 11.8. The molecule has 1 heterocycles. The molecule has 1 aromatic heterocycles. The molecule has 0 spiro atoms. The standard InChI is InChI=1S/C15H17N3O3/c1-2-9-16-15-12(6-5-7-13(15)18(20)21)11-17-10-4-3-8-14(17)19/h3-8,10,16H,2,9,11H2,1H3. The highest BCUT2D eigenvalue weighted by molar-refractivity contribution is 5.66. The first kappa shape index (κ1) is 14.8. The van der Waals surface area contributed by atoms with Crippen molar-refractivity contribution in [3.05, 3.63) is 68.6 Å². The van der Waals surface area contributed by atoms with Gasteiger partial charge in [-0.05, 0) is 12.5 Å². The molecular weight excluding hydrogens is 270 g/mol. The number of nitro groups is 1. The van der Waals surface area contributed by atoms with Crippen molar-refractivity contribution in [2.24, 2.45) is 0 Å². The summed E-state index contributed by atoms with van der Waals surface area (Å²) >= 11 is 0. The second kappa shape index (κ2) is 6.69. The molecule has 0 radical (unpaired) electrons. The highest BCUT2D eigenvalue weighted by Gasteiger charge is 2.17. The Morgan fingerprint density at radius 2 is 2.05 bits per heavy atom. The summed E-state index contributed by atoms with van der Waals surface area (Å²) < 4.78 is 1.52. The fraction of sp³-hybridized carbons (Fsp3) is 0.267. The number of nitrogens with one attached hydrogen (secondary N) is 1. The minimum Gasteiger partial charge on any atom is -0.379 e. The van der Waals surface area contributed by atoms with Crippen LogP contribution in [0.1, 0.15) is 18.9 Å². The summed E-state index contributed by atoms with van der Waals surface area (Å²) in [6.07, 6.45) is 2.53. The van der Waals surface area contributed by atoms with E-state index in [2.05, 4.69) is 5.32 Å². The van der Waals surface area contributed by atoms with Crippen molar-refractivity contribution in [3.8, 4) is 0 Å². The van der Waals surface area contributed by atoms with Crippen LogP contribution in [0.2, 0.25) is 0 Å². The van der Waals surface area contributed by atoms with Gasteiger partial charge in [0.25, 0.3) is 11.2 Å². The number of para-hydroxylation sites is 1. The molecule has 0 amide bonds. The molecule has 2 aromatic rings. The molecule has 0 saturated carbocycles. The number of pyridine rings is 1. The topological polar surface area (TPSA) is 77.2 Å². The van der Waals surface area contributed by atoms with Crippen LogP contribution >= 0.6 is 0 Å². The van der Waals surface area contributed by atoms with Crippen LogP contribution in [0.4, 0.5) is 11.4 Å². The van der Waals surface area contributed by atoms with Crippen molar-refractivity contribution in [3.63, 3.8) is 0 Å². The molecule has 0 fully saturated rings. The van der Waals surface area contributed by atoms with Gasteiger partial charge in [0.2, 0.25) is 0 Å². The molecule has 0 atom stereocenters. The van der Waals surface area contributed by atoms with Gasteiger partial charge in [0.15, 0.2) is 0 Å². The van der Waals surface area contributed by atoms with E-state index in [4.69, 9.17) is 0 Å². The molecule has 0 unspecified atom stereocenters. The Hall–Kier alpha value is -2.63. The van der Waals surface area contributed by atoms with Gasteiger partial charge in [-0.1, -0.05) is 25.1 Å². The molecule has 0 saturated heterocycles. The molecule has 0 aliphatic rings. The van der Waals surface area contributed by atoms with Crippen LogP contribution in [0, 0.1) is 10.1 Å². The minimum absolute atomic E-state index is 0.0323. The molecule has 1 N–H and O–H groups in total. The lowest BCUT2D eigenvalue weighted by molar-refractivity contribution is -0.384. The smallest absolute Gasteiger partial charge is 0.292 e. The van der Waals surface area contributed by atoms with Gasteiger partial charge in [-0.25, -0.2) is 0 Å². The van der Waals surface area contributed by atoms with Crippen LogP contribution in [-0.2, 0) is 6.54 Å². The van der Waals surface area contributed by atoms with E-state index >= 15 is 0 Å². The zero-order valence-electron chi connectivity index (χ0n) is 11.8. The molecule has 6 heteroatoms. The number of nitrogens with zero attached hydrogens (tertiary/aromatic N) is 2. The summed E-state index contributed by atoms with van der Waals surface area (Å²) in [7, 11) is 0. The highest BCUT2D eigenvalue weighted by atomic mass is 16.6. The van der Waals surface area contributed by atoms with Gasteiger partial charge in [-0.2, -0.15) is 0 Å². The maximum Gasteiger partial charge on any atom is 0.292 e. The lowest BCUT2D eigenvalue weighted by atomic mass is 10.1. The Kier molecular flexibility index (Phi) is 4.71. The van der Waals surface area contributed by atoms with Crippen LogP contribution in [-0.4, -0.2) is 16.0 Å². The van der Waals surface area contributed by atoms with Gasteiger partial charge >= 0.3 is 0 Å². The van der Waals surface area contributed by atoms with Crippen molar-refractivity contribution in [2.45, 2.75) is 19.9 Å². The maximum atomic E-state index is 11.8. The summed E-state index contributed by atoms with van der Waals surface area (Å²) in [5, 5.41) is 14.2. The van der Waals surface area contributed by atoms with Gasteiger partial charge in [0.1, 0.15) is 5.69 Å². The largest absolute Gasteiger partial charge is 0.379 e. The number of aromatic nitrogens is 1. The van der Waals surface area contributed by atoms with Gasteiger partial charge in [0, 0.05) is 30.4 Å². The zero-order chi connectivity index (χ0) is 15.2. The molecule has 0 aliphatic heterocycles. The normalized spacial score (nSPS) is 10.3. The van der Waals surface area contributed by atoms with E-state index in [0.717, 1.165) is 12.0 Å². The van der Waals surface area contributed by atoms with Gasteiger partial charge in [-0.15, -0.1) is 0 Å². The van der Waals surface area contributed by atoms with E-state index in [1.165, 1.54) is 16.7 Å². The number of hydrogen-bond acceptors (Lipinski definition) is 4. The highest BCUT2D eigenvalue weighted by Crippen LogP contribution is 2.28. The average Bonchev–Trinajstić information content (AvgIpc) is 2.48. The predicted octanol–water partition coefficient (Wildman–Crippen LogP) is 2.63. The predicted molar refractivity (Wildman–Crippen MR) is 81.7 cm³/mol. The zero-order valence-corrected chi connectivity index (χ0v) is 11.8. The first-order valence-corrected chi connectivity index (χ1v) is 6.79. The Morgan fingerprint density at radius 1 is 1.24 bits per heavy atom. The third kappa shape index (κ3) is 3.47. The lowest BCUT2D eigenvalue weighted by Crippen LogP contribution is -2.19.